The molecular weight excluding hydrogens is 618 g/mol. The van der Waals surface area contributed by atoms with Crippen molar-refractivity contribution in [3.05, 3.63) is 95.1 Å². The van der Waals surface area contributed by atoms with E-state index in [0.29, 0.717) is 23.4 Å². The third-order valence-electron chi connectivity index (χ3n) is 5.95. The molecule has 1 saturated heterocycles. The van der Waals surface area contributed by atoms with Crippen molar-refractivity contribution in [2.75, 3.05) is 18.3 Å². The summed E-state index contributed by atoms with van der Waals surface area (Å²) >= 11 is -2.13. The summed E-state index contributed by atoms with van der Waals surface area (Å²) in [6.45, 7) is 13.0. The van der Waals surface area contributed by atoms with Crippen LogP contribution in [0.1, 0.15) is 74.6 Å². The van der Waals surface area contributed by atoms with Crippen LogP contribution in [0.3, 0.4) is 0 Å². The van der Waals surface area contributed by atoms with E-state index in [9.17, 15) is 5.21 Å². The zero-order chi connectivity index (χ0) is 28.1. The molecule has 3 aromatic carbocycles. The zero-order valence-electron chi connectivity index (χ0n) is 22.8. The van der Waals surface area contributed by atoms with Gasteiger partial charge in [-0.3, -0.25) is 5.21 Å². The van der Waals surface area contributed by atoms with Crippen LogP contribution in [0.4, 0.5) is 11.4 Å². The number of hydrogen-bond donors (Lipinski definition) is 1. The number of aliphatic hydroxyl groups is 2. The summed E-state index contributed by atoms with van der Waals surface area (Å²) in [5.74, 6) is 1.18. The van der Waals surface area contributed by atoms with Crippen LogP contribution < -0.4 is 5.06 Å². The minimum absolute atomic E-state index is 0.330. The van der Waals surface area contributed by atoms with Gasteiger partial charge in [0.15, 0.2) is 5.84 Å². The van der Waals surface area contributed by atoms with Crippen molar-refractivity contribution in [3.63, 3.8) is 0 Å². The van der Waals surface area contributed by atoms with E-state index in [2.05, 4.69) is 50.6 Å². The third kappa shape index (κ3) is 11.1. The van der Waals surface area contributed by atoms with E-state index < -0.39 is 18.2 Å². The van der Waals surface area contributed by atoms with Gasteiger partial charge in [-0.15, -0.1) is 0 Å². The van der Waals surface area contributed by atoms with Gasteiger partial charge in [-0.1, -0.05) is 93.9 Å². The van der Waals surface area contributed by atoms with Gasteiger partial charge in [0.05, 0.1) is 11.4 Å². The SMILES string of the molecule is C1CC[OH+]C1.Cc1ccc(N(O)C(=Nc2c(C(C)C)cccc2C(C)C)c2ccccc2)cc1.[Cl][Zr]([Cl])[Cl]. The first-order valence-corrected chi connectivity index (χ1v) is 22.4. The number of nitrogens with zero attached hydrogens (tertiary/aromatic N) is 2. The average Bonchev–Trinajstić information content (AvgIpc) is 3.48. The van der Waals surface area contributed by atoms with E-state index in [1.807, 2.05) is 61.5 Å². The maximum atomic E-state index is 11.1. The van der Waals surface area contributed by atoms with Crippen LogP contribution in [-0.2, 0) is 18.2 Å². The number of aliphatic imine (C=N–C) groups is 1. The van der Waals surface area contributed by atoms with Crippen molar-refractivity contribution in [1.82, 2.24) is 0 Å². The summed E-state index contributed by atoms with van der Waals surface area (Å²) in [5, 5.41) is 12.3. The van der Waals surface area contributed by atoms with Crippen LogP contribution in [0, 0.1) is 6.92 Å². The molecule has 4 rings (SSSR count). The van der Waals surface area contributed by atoms with Crippen molar-refractivity contribution in [2.24, 2.45) is 4.99 Å². The molecule has 0 saturated carbocycles. The summed E-state index contributed by atoms with van der Waals surface area (Å²) in [5.41, 5.74) is 6.01. The van der Waals surface area contributed by atoms with E-state index in [-0.39, 0.29) is 0 Å². The second kappa shape index (κ2) is 17.5. The molecule has 0 amide bonds. The topological polar surface area (TPSA) is 48.6 Å². The van der Waals surface area contributed by atoms with E-state index in [0.717, 1.165) is 30.0 Å². The molecule has 0 unspecified atom stereocenters. The number of amidine groups is 1. The second-order valence-corrected chi connectivity index (χ2v) is 20.8. The van der Waals surface area contributed by atoms with Crippen LogP contribution >= 0.6 is 25.5 Å². The first kappa shape index (κ1) is 33.0. The number of ether oxygens (including phenoxy) is 1. The monoisotopic (exact) mass is 654 g/mol. The molecule has 0 aliphatic carbocycles. The van der Waals surface area contributed by atoms with Gasteiger partial charge in [0.25, 0.3) is 0 Å². The van der Waals surface area contributed by atoms with E-state index in [4.69, 9.17) is 30.5 Å². The molecule has 0 atom stereocenters. The number of rotatable bonds is 5. The number of aryl methyl sites for hydroxylation is 1. The first-order chi connectivity index (χ1) is 18.1. The Bertz CT molecular complexity index is 1080. The normalized spacial score (nSPS) is 13.0. The number of para-hydroxylation sites is 1. The van der Waals surface area contributed by atoms with Crippen molar-refractivity contribution in [3.8, 4) is 0 Å². The fourth-order valence-electron chi connectivity index (χ4n) is 3.94. The Morgan fingerprint density at radius 1 is 0.816 bits per heavy atom. The number of benzene rings is 3. The van der Waals surface area contributed by atoms with Crippen LogP contribution in [0.5, 0.6) is 0 Å². The Balaban J connectivity index is 0.000000479. The molecule has 8 heteroatoms. The summed E-state index contributed by atoms with van der Waals surface area (Å²) in [6, 6.07) is 24.0. The van der Waals surface area contributed by atoms with Crippen molar-refractivity contribution < 1.29 is 28.1 Å². The van der Waals surface area contributed by atoms with E-state index >= 15 is 0 Å². The number of anilines is 1. The molecule has 1 aliphatic rings. The molecule has 3 aromatic rings. The maximum absolute atomic E-state index is 11.1. The predicted molar refractivity (Wildman–Crippen MR) is 161 cm³/mol. The van der Waals surface area contributed by atoms with Gasteiger partial charge in [0.2, 0.25) is 0 Å². The van der Waals surface area contributed by atoms with Crippen molar-refractivity contribution in [1.29, 1.82) is 0 Å². The standard InChI is InChI=1S/C26H30N2O.C4H8O.3ClH.Zr/c1-18(2)23-12-9-13-24(19(3)4)25(23)27-26(21-10-7-6-8-11-21)28(29)22-16-14-20(5)15-17-22;1-2-4-5-3-1;;;;/h6-19,29H,1-5H3;1-4H2;3*1H;/q;;;;;+3/p-2. The Hall–Kier alpha value is -1.20. The zero-order valence-corrected chi connectivity index (χ0v) is 27.6. The first-order valence-electron chi connectivity index (χ1n) is 12.9. The molecular formula is C30H39Cl3N2O2Zr+. The Morgan fingerprint density at radius 2 is 1.32 bits per heavy atom. The van der Waals surface area contributed by atoms with E-state index in [1.165, 1.54) is 29.0 Å². The fraction of sp³-hybridized carbons (Fsp3) is 0.367. The van der Waals surface area contributed by atoms with Gasteiger partial charge in [-0.25, -0.2) is 10.1 Å². The van der Waals surface area contributed by atoms with Crippen LogP contribution in [0.15, 0.2) is 77.8 Å². The molecule has 38 heavy (non-hydrogen) atoms. The predicted octanol–water partition coefficient (Wildman–Crippen LogP) is 9.59. The summed E-state index contributed by atoms with van der Waals surface area (Å²) < 4.78 is 4.08. The molecule has 1 aliphatic heterocycles. The van der Waals surface area contributed by atoms with Gasteiger partial charge in [-0.05, 0) is 42.0 Å². The summed E-state index contributed by atoms with van der Waals surface area (Å²) in [6.07, 6.45) is 2.67. The molecule has 0 aromatic heterocycles. The van der Waals surface area contributed by atoms with Crippen molar-refractivity contribution in [2.45, 2.75) is 59.3 Å². The molecule has 1 fully saturated rings. The average molecular weight is 657 g/mol. The molecule has 0 radical (unpaired) electrons. The summed E-state index contributed by atoms with van der Waals surface area (Å²) in [7, 11) is 15.0. The minimum atomic E-state index is -2.13. The van der Waals surface area contributed by atoms with Gasteiger partial charge in [0.1, 0.15) is 13.2 Å². The van der Waals surface area contributed by atoms with Crippen LogP contribution in [-0.4, -0.2) is 29.0 Å². The number of hydroxylamine groups is 1. The Labute approximate surface area is 246 Å². The van der Waals surface area contributed by atoms with Crippen molar-refractivity contribution >= 4 is 42.7 Å². The summed E-state index contributed by atoms with van der Waals surface area (Å²) in [4.78, 5) is 5.06. The second-order valence-electron chi connectivity index (χ2n) is 9.64. The Kier molecular flexibility index (Phi) is 15.2. The Morgan fingerprint density at radius 3 is 1.74 bits per heavy atom. The molecule has 0 bridgehead atoms. The molecule has 205 valence electrons. The van der Waals surface area contributed by atoms with E-state index in [1.54, 1.807) is 0 Å². The van der Waals surface area contributed by atoms with Gasteiger partial charge in [0, 0.05) is 18.4 Å². The molecule has 2 N–H and O–H groups in total. The molecule has 1 heterocycles. The van der Waals surface area contributed by atoms with Gasteiger partial charge in [-0.2, -0.15) is 0 Å². The molecule has 4 nitrogen and oxygen atoms in total. The quantitative estimate of drug-likeness (QED) is 0.129. The van der Waals surface area contributed by atoms with Gasteiger partial charge < -0.3 is 4.74 Å². The fourth-order valence-corrected chi connectivity index (χ4v) is 3.94. The van der Waals surface area contributed by atoms with Crippen LogP contribution in [0.25, 0.3) is 0 Å². The van der Waals surface area contributed by atoms with Gasteiger partial charge >= 0.3 is 43.7 Å². The third-order valence-corrected chi connectivity index (χ3v) is 5.95. The number of halogens is 3. The van der Waals surface area contributed by atoms with Crippen LogP contribution in [0.2, 0.25) is 0 Å². The molecule has 0 spiro atoms. The number of hydrogen-bond acceptors (Lipinski definition) is 2.